The molecule has 22 nitrogen and oxygen atoms in total. The van der Waals surface area contributed by atoms with Gasteiger partial charge in [0.25, 0.3) is 0 Å². The summed E-state index contributed by atoms with van der Waals surface area (Å²) in [6.45, 7) is 22.1. The molecule has 0 saturated carbocycles. The predicted octanol–water partition coefficient (Wildman–Crippen LogP) is 3.61. The van der Waals surface area contributed by atoms with Gasteiger partial charge >= 0.3 is 5.97 Å². The number of rotatable bonds is 15. The van der Waals surface area contributed by atoms with Gasteiger partial charge in [0.05, 0.1) is 67.0 Å². The molecule has 5 rings (SSSR count). The van der Waals surface area contributed by atoms with E-state index < -0.39 is 151 Å². The largest absolute Gasteiger partial charge is 0.497 e. The minimum atomic E-state index is -2.44. The third kappa shape index (κ3) is 16.5. The van der Waals surface area contributed by atoms with Crippen molar-refractivity contribution >= 4 is 5.97 Å². The minimum Gasteiger partial charge on any atom is -0.497 e. The summed E-state index contributed by atoms with van der Waals surface area (Å²) >= 11 is 0. The van der Waals surface area contributed by atoms with Crippen LogP contribution in [0.4, 0.5) is 0 Å². The van der Waals surface area contributed by atoms with Crippen LogP contribution >= 0.6 is 0 Å². The molecule has 4 saturated heterocycles. The third-order valence-electron chi connectivity index (χ3n) is 16.8. The Balaban J connectivity index is 1.51. The smallest absolute Gasteiger partial charge is 0.334 e. The molecule has 0 bridgehead atoms. The van der Waals surface area contributed by atoms with Gasteiger partial charge in [-0.05, 0) is 107 Å². The maximum Gasteiger partial charge on any atom is 0.334 e. The van der Waals surface area contributed by atoms with Gasteiger partial charge in [-0.3, -0.25) is 0 Å². The molecule has 82 heavy (non-hydrogen) atoms. The van der Waals surface area contributed by atoms with Crippen molar-refractivity contribution in [2.24, 2.45) is 11.8 Å². The molecule has 0 aromatic rings. The fraction of sp³-hybridized carbons (Fsp3) is 0.783. The average molecular weight is 1170 g/mol. The lowest BCUT2D eigenvalue weighted by atomic mass is 9.75. The zero-order chi connectivity index (χ0) is 61.6. The molecule has 0 aromatic heterocycles. The van der Waals surface area contributed by atoms with Crippen molar-refractivity contribution in [3.05, 3.63) is 70.1 Å². The Morgan fingerprint density at radius 3 is 1.91 bits per heavy atom. The Hall–Kier alpha value is -3.05. The van der Waals surface area contributed by atoms with Crippen molar-refractivity contribution in [2.45, 2.75) is 255 Å². The lowest BCUT2D eigenvalue weighted by molar-refractivity contribution is -0.419. The van der Waals surface area contributed by atoms with E-state index in [-0.39, 0.29) is 43.6 Å². The monoisotopic (exact) mass is 1170 g/mol. The second-order valence-corrected chi connectivity index (χ2v) is 24.1. The Kier molecular flexibility index (Phi) is 24.7. The zero-order valence-corrected chi connectivity index (χ0v) is 51.1. The van der Waals surface area contributed by atoms with Crippen LogP contribution in [0.3, 0.4) is 0 Å². The second kappa shape index (κ2) is 29.1. The maximum atomic E-state index is 14.5. The number of aliphatic hydroxyl groups is 9. The summed E-state index contributed by atoms with van der Waals surface area (Å²) in [5.41, 5.74) is -1.99. The van der Waals surface area contributed by atoms with Crippen LogP contribution in [-0.4, -0.2) is 220 Å². The zero-order valence-electron chi connectivity index (χ0n) is 51.1. The van der Waals surface area contributed by atoms with Crippen LogP contribution in [0, 0.1) is 11.8 Å². The first kappa shape index (κ1) is 69.7. The number of hydrogen-bond acceptors (Lipinski definition) is 22. The standard InChI is InChI=1S/C60H98O22/c1-30-21-31(2)25-41(61)43(73-16)27-42(78-55(67)35(6)26-40(72-15)24-32(3)23-34(5)50(33(4)22-30)80-56-49(64)48(63)47(62)37(8)77-56)36(7)60(70)54(74-17)52(66)59(13,44(81-60)19-18-20-71-14)82-46-29-58(12,69)53(39(10)76-46)79-45-28-57(11,68)51(65)38(9)75-45/h21-26,34,36-39,41-54,56,61-66,68-70H,18-20,27-29H2,1-17H3/b30-21+,31-25+,32-23+,33-22+,35-26+,40-24+/t34?,36?,37-,38+,39+,41?,42?,43?,44?,45-,46-,47-,48+,49-,50?,51+,52?,53+,54?,56-,57+,58-,59?,60?/m0/s1. The van der Waals surface area contributed by atoms with E-state index in [0.717, 1.165) is 11.1 Å². The van der Waals surface area contributed by atoms with Crippen molar-refractivity contribution in [1.29, 1.82) is 0 Å². The number of ether oxygens (including phenoxy) is 12. The van der Waals surface area contributed by atoms with Crippen molar-refractivity contribution in [1.82, 2.24) is 0 Å². The Labute approximate surface area is 484 Å². The molecule has 5 heterocycles. The van der Waals surface area contributed by atoms with Crippen molar-refractivity contribution < 1.29 is 108 Å². The summed E-state index contributed by atoms with van der Waals surface area (Å²) in [4.78, 5) is 14.5. The van der Waals surface area contributed by atoms with Gasteiger partial charge in [-0.25, -0.2) is 4.79 Å². The third-order valence-corrected chi connectivity index (χ3v) is 16.8. The number of esters is 1. The van der Waals surface area contributed by atoms with Crippen LogP contribution in [0.5, 0.6) is 0 Å². The summed E-state index contributed by atoms with van der Waals surface area (Å²) in [5.74, 6) is -4.65. The van der Waals surface area contributed by atoms with Crippen LogP contribution in [0.2, 0.25) is 0 Å². The molecule has 0 radical (unpaired) electrons. The summed E-state index contributed by atoms with van der Waals surface area (Å²) < 4.78 is 73.6. The van der Waals surface area contributed by atoms with Crippen LogP contribution in [-0.2, 0) is 61.6 Å². The first-order valence-electron chi connectivity index (χ1n) is 28.5. The second-order valence-electron chi connectivity index (χ2n) is 24.1. The normalized spacial score (nSPS) is 47.7. The number of carbonyl (C=O) groups excluding carboxylic acids is 1. The van der Waals surface area contributed by atoms with Gasteiger partial charge < -0.3 is 103 Å². The van der Waals surface area contributed by atoms with Gasteiger partial charge in [-0.2, -0.15) is 0 Å². The van der Waals surface area contributed by atoms with Gasteiger partial charge in [0, 0.05) is 58.7 Å². The molecule has 5 aliphatic heterocycles. The molecule has 11 unspecified atom stereocenters. The van der Waals surface area contributed by atoms with Crippen molar-refractivity contribution in [2.75, 3.05) is 35.0 Å². The molecule has 5 aliphatic rings. The van der Waals surface area contributed by atoms with Crippen LogP contribution in [0.15, 0.2) is 70.1 Å². The van der Waals surface area contributed by atoms with Crippen molar-refractivity contribution in [3.8, 4) is 0 Å². The molecule has 0 aliphatic carbocycles. The van der Waals surface area contributed by atoms with Crippen LogP contribution < -0.4 is 0 Å². The van der Waals surface area contributed by atoms with Gasteiger partial charge in [0.15, 0.2) is 18.9 Å². The molecule has 9 N–H and O–H groups in total. The molecule has 0 spiro atoms. The fourth-order valence-electron chi connectivity index (χ4n) is 12.0. The molecule has 0 aromatic carbocycles. The Morgan fingerprint density at radius 1 is 0.683 bits per heavy atom. The molecule has 0 amide bonds. The molecular formula is C60H98O22. The number of cyclic esters (lactones) is 1. The molecule has 470 valence electrons. The topological polar surface area (TPSA) is 310 Å². The van der Waals surface area contributed by atoms with Crippen molar-refractivity contribution in [3.63, 3.8) is 0 Å². The highest BCUT2D eigenvalue weighted by molar-refractivity contribution is 5.88. The number of methoxy groups -OCH3 is 4. The SMILES string of the molecule is COCCCC1OC(O)(C(C)C2CC(OC)C(O)/C=C(C)/C=C(C)/C=C(\C)C(O[C@@H]3O[C@@H](C)[C@H](O)[C@@H](O)[C@@H]3O)C(C)/C=C(C)/C=C(OC)\C=C(/C)C(=O)O2)C(OC)C(O)C1(C)O[C@H]1C[C@](C)(O)[C@H](O[C@H]2C[C@@](C)(O)[C@H](O)[C@@H](C)O2)[C@@H](C)O1. The van der Waals surface area contributed by atoms with E-state index in [1.165, 1.54) is 48.4 Å². The molecule has 22 heteroatoms. The number of carbonyl (C=O) groups is 1. The summed E-state index contributed by atoms with van der Waals surface area (Å²) in [6, 6.07) is 0. The highest BCUT2D eigenvalue weighted by Crippen LogP contribution is 2.47. The van der Waals surface area contributed by atoms with E-state index in [4.69, 9.17) is 56.8 Å². The summed E-state index contributed by atoms with van der Waals surface area (Å²) in [6.07, 6.45) is -10.9. The van der Waals surface area contributed by atoms with E-state index in [9.17, 15) is 50.8 Å². The van der Waals surface area contributed by atoms with Gasteiger partial charge in [0.1, 0.15) is 60.2 Å². The van der Waals surface area contributed by atoms with E-state index in [0.29, 0.717) is 17.6 Å². The maximum absolute atomic E-state index is 14.5. The summed E-state index contributed by atoms with van der Waals surface area (Å²) in [7, 11) is 5.64. The lowest BCUT2D eigenvalue weighted by Crippen LogP contribution is -2.74. The molecular weight excluding hydrogens is 1070 g/mol. The number of aliphatic hydroxyl groups excluding tert-OH is 6. The van der Waals surface area contributed by atoms with E-state index in [1.54, 1.807) is 60.6 Å². The van der Waals surface area contributed by atoms with Crippen LogP contribution in [0.25, 0.3) is 0 Å². The predicted molar refractivity (Wildman–Crippen MR) is 298 cm³/mol. The first-order chi connectivity index (χ1) is 38.2. The first-order valence-corrected chi connectivity index (χ1v) is 28.5. The Morgan fingerprint density at radius 2 is 1.32 bits per heavy atom. The van der Waals surface area contributed by atoms with Gasteiger partial charge in [0.2, 0.25) is 5.79 Å². The Bertz CT molecular complexity index is 2290. The number of hydrogen-bond donors (Lipinski definition) is 9. The lowest BCUT2D eigenvalue weighted by Gasteiger charge is -2.57. The summed E-state index contributed by atoms with van der Waals surface area (Å²) in [5, 5.41) is 103. The van der Waals surface area contributed by atoms with E-state index in [2.05, 4.69) is 0 Å². The van der Waals surface area contributed by atoms with Gasteiger partial charge in [-0.15, -0.1) is 0 Å². The van der Waals surface area contributed by atoms with Gasteiger partial charge in [-0.1, -0.05) is 54.9 Å². The van der Waals surface area contributed by atoms with E-state index in [1.807, 2.05) is 45.9 Å². The highest BCUT2D eigenvalue weighted by atomic mass is 16.7. The number of allylic oxidation sites excluding steroid dienone is 7. The fourth-order valence-corrected chi connectivity index (χ4v) is 12.0. The molecule has 24 atom stereocenters. The highest BCUT2D eigenvalue weighted by Gasteiger charge is 2.65. The quantitative estimate of drug-likeness (QED) is 0.0836. The molecule has 4 fully saturated rings. The minimum absolute atomic E-state index is 0.0766. The van der Waals surface area contributed by atoms with E-state index >= 15 is 0 Å². The van der Waals surface area contributed by atoms with Crippen LogP contribution in [0.1, 0.15) is 122 Å². The average Bonchev–Trinajstić information content (AvgIpc) is 3.59.